The number of amides is 1. The zero-order valence-electron chi connectivity index (χ0n) is 13.9. The summed E-state index contributed by atoms with van der Waals surface area (Å²) in [6.07, 6.45) is 1.33. The van der Waals surface area contributed by atoms with Crippen LogP contribution >= 0.6 is 15.9 Å². The highest BCUT2D eigenvalue weighted by Crippen LogP contribution is 2.34. The summed E-state index contributed by atoms with van der Waals surface area (Å²) in [5, 5.41) is 4.68. The van der Waals surface area contributed by atoms with Gasteiger partial charge in [0.2, 0.25) is 0 Å². The molecular formula is C19H15BrFN3O2. The van der Waals surface area contributed by atoms with E-state index in [2.05, 4.69) is 21.0 Å². The number of nitrogens with zero attached hydrogens (tertiary/aromatic N) is 3. The number of carbonyl (C=O) groups is 1. The third-order valence-electron chi connectivity index (χ3n) is 4.33. The Bertz CT molecular complexity index is 954. The molecule has 5 nitrogen and oxygen atoms in total. The molecule has 1 aliphatic heterocycles. The fourth-order valence-corrected chi connectivity index (χ4v) is 3.18. The molecule has 0 spiro atoms. The van der Waals surface area contributed by atoms with Gasteiger partial charge in [-0.05, 0) is 48.5 Å². The third-order valence-corrected chi connectivity index (χ3v) is 4.86. The first kappa shape index (κ1) is 16.9. The van der Waals surface area contributed by atoms with Gasteiger partial charge in [-0.25, -0.2) is 9.07 Å². The number of carbonyl (C=O) groups excluding carboxylic acids is 1. The number of ether oxygens (including phenoxy) is 1. The topological polar surface area (TPSA) is 47.4 Å². The first-order valence-corrected chi connectivity index (χ1v) is 8.81. The summed E-state index contributed by atoms with van der Waals surface area (Å²) in [4.78, 5) is 13.4. The van der Waals surface area contributed by atoms with Crippen LogP contribution in [0.4, 0.5) is 4.39 Å². The normalized spacial score (nSPS) is 17.1. The van der Waals surface area contributed by atoms with Crippen LogP contribution in [0.5, 0.6) is 0 Å². The Morgan fingerprint density at radius 3 is 2.46 bits per heavy atom. The number of aromatic nitrogens is 2. The molecular weight excluding hydrogens is 401 g/mol. The van der Waals surface area contributed by atoms with Gasteiger partial charge in [-0.1, -0.05) is 15.9 Å². The lowest BCUT2D eigenvalue weighted by Crippen LogP contribution is -2.23. The van der Waals surface area contributed by atoms with Crippen LogP contribution in [0.1, 0.15) is 11.8 Å². The number of hydrogen-bond donors (Lipinski definition) is 0. The summed E-state index contributed by atoms with van der Waals surface area (Å²) >= 11 is 3.42. The highest BCUT2D eigenvalue weighted by Gasteiger charge is 2.33. The summed E-state index contributed by atoms with van der Waals surface area (Å²) in [6, 6.07) is 13.8. The fourth-order valence-electron chi connectivity index (χ4n) is 2.92. The molecule has 26 heavy (non-hydrogen) atoms. The predicted octanol–water partition coefficient (Wildman–Crippen LogP) is 3.93. The summed E-state index contributed by atoms with van der Waals surface area (Å²) in [6.45, 7) is 0.0352. The van der Waals surface area contributed by atoms with Crippen LogP contribution in [0.15, 0.2) is 59.2 Å². The lowest BCUT2D eigenvalue weighted by molar-refractivity contribution is -0.126. The molecule has 0 N–H and O–H groups in total. The SMILES string of the molecule is CN1C(=O)COC1c1cn(-c2ccc(Br)cc2)nc1-c1ccc(F)cc1. The molecule has 0 saturated carbocycles. The van der Waals surface area contributed by atoms with E-state index in [9.17, 15) is 9.18 Å². The van der Waals surface area contributed by atoms with Gasteiger partial charge in [-0.15, -0.1) is 0 Å². The van der Waals surface area contributed by atoms with Crippen LogP contribution in [-0.4, -0.2) is 34.2 Å². The van der Waals surface area contributed by atoms with Crippen molar-refractivity contribution in [2.45, 2.75) is 6.23 Å². The van der Waals surface area contributed by atoms with Crippen molar-refractivity contribution in [2.75, 3.05) is 13.7 Å². The van der Waals surface area contributed by atoms with Crippen molar-refractivity contribution in [3.05, 3.63) is 70.6 Å². The van der Waals surface area contributed by atoms with Crippen LogP contribution < -0.4 is 0 Å². The van der Waals surface area contributed by atoms with Crippen molar-refractivity contribution < 1.29 is 13.9 Å². The van der Waals surface area contributed by atoms with Crippen molar-refractivity contribution in [3.8, 4) is 16.9 Å². The van der Waals surface area contributed by atoms with Crippen LogP contribution in [0.2, 0.25) is 0 Å². The Morgan fingerprint density at radius 1 is 1.15 bits per heavy atom. The molecule has 1 unspecified atom stereocenters. The second-order valence-corrected chi connectivity index (χ2v) is 6.94. The average molecular weight is 416 g/mol. The maximum absolute atomic E-state index is 13.3. The van der Waals surface area contributed by atoms with E-state index in [1.807, 2.05) is 30.5 Å². The zero-order chi connectivity index (χ0) is 18.3. The van der Waals surface area contributed by atoms with Gasteiger partial charge in [0.05, 0.1) is 5.69 Å². The highest BCUT2D eigenvalue weighted by molar-refractivity contribution is 9.10. The van der Waals surface area contributed by atoms with Crippen molar-refractivity contribution in [1.82, 2.24) is 14.7 Å². The molecule has 3 aromatic rings. The lowest BCUT2D eigenvalue weighted by Gasteiger charge is -2.18. The number of halogens is 2. The molecule has 2 heterocycles. The molecule has 2 aromatic carbocycles. The standard InChI is InChI=1S/C19H15BrFN3O2/c1-23-17(25)11-26-19(23)16-10-24(15-8-4-13(20)5-9-15)22-18(16)12-2-6-14(21)7-3-12/h2-10,19H,11H2,1H3. The predicted molar refractivity (Wildman–Crippen MR) is 98.1 cm³/mol. The molecule has 4 rings (SSSR count). The van der Waals surface area contributed by atoms with Crippen molar-refractivity contribution in [3.63, 3.8) is 0 Å². The highest BCUT2D eigenvalue weighted by atomic mass is 79.9. The van der Waals surface area contributed by atoms with Crippen LogP contribution in [0.3, 0.4) is 0 Å². The Balaban J connectivity index is 1.83. The summed E-state index contributed by atoms with van der Waals surface area (Å²) in [5.74, 6) is -0.400. The molecule has 0 aliphatic carbocycles. The van der Waals surface area contributed by atoms with E-state index in [0.717, 1.165) is 21.3 Å². The second-order valence-electron chi connectivity index (χ2n) is 6.03. The van der Waals surface area contributed by atoms with Crippen molar-refractivity contribution >= 4 is 21.8 Å². The van der Waals surface area contributed by atoms with Gasteiger partial charge in [-0.3, -0.25) is 4.79 Å². The van der Waals surface area contributed by atoms with E-state index in [4.69, 9.17) is 4.74 Å². The zero-order valence-corrected chi connectivity index (χ0v) is 15.5. The Labute approximate surface area is 158 Å². The smallest absolute Gasteiger partial charge is 0.250 e. The van der Waals surface area contributed by atoms with E-state index in [-0.39, 0.29) is 18.3 Å². The van der Waals surface area contributed by atoms with E-state index < -0.39 is 6.23 Å². The molecule has 1 amide bonds. The van der Waals surface area contributed by atoms with E-state index in [1.165, 1.54) is 12.1 Å². The molecule has 1 aromatic heterocycles. The van der Waals surface area contributed by atoms with Gasteiger partial charge < -0.3 is 9.64 Å². The second kappa shape index (κ2) is 6.66. The minimum Gasteiger partial charge on any atom is -0.344 e. The number of benzene rings is 2. The molecule has 1 saturated heterocycles. The Morgan fingerprint density at radius 2 is 1.85 bits per heavy atom. The van der Waals surface area contributed by atoms with Crippen molar-refractivity contribution in [1.29, 1.82) is 0 Å². The van der Waals surface area contributed by atoms with Crippen molar-refractivity contribution in [2.24, 2.45) is 0 Å². The number of rotatable bonds is 3. The van der Waals surface area contributed by atoms with Gasteiger partial charge in [0.15, 0.2) is 6.23 Å². The first-order valence-electron chi connectivity index (χ1n) is 8.01. The molecule has 1 atom stereocenters. The maximum atomic E-state index is 13.3. The molecule has 7 heteroatoms. The summed E-state index contributed by atoms with van der Waals surface area (Å²) < 4.78 is 21.7. The molecule has 0 radical (unpaired) electrons. The van der Waals surface area contributed by atoms with Gasteiger partial charge in [0.25, 0.3) is 5.91 Å². The maximum Gasteiger partial charge on any atom is 0.250 e. The summed E-state index contributed by atoms with van der Waals surface area (Å²) in [7, 11) is 1.70. The number of likely N-dealkylation sites (N-methyl/N-ethyl adjacent to an activating group) is 1. The Hall–Kier alpha value is -2.51. The quantitative estimate of drug-likeness (QED) is 0.650. The van der Waals surface area contributed by atoms with Gasteiger partial charge >= 0.3 is 0 Å². The Kier molecular flexibility index (Phi) is 4.34. The van der Waals surface area contributed by atoms with E-state index >= 15 is 0 Å². The molecule has 0 bridgehead atoms. The lowest BCUT2D eigenvalue weighted by atomic mass is 10.1. The first-order chi connectivity index (χ1) is 12.5. The van der Waals surface area contributed by atoms with E-state index in [1.54, 1.807) is 28.8 Å². The number of hydrogen-bond acceptors (Lipinski definition) is 3. The van der Waals surface area contributed by atoms with Crippen LogP contribution in [0.25, 0.3) is 16.9 Å². The molecule has 132 valence electrons. The fraction of sp³-hybridized carbons (Fsp3) is 0.158. The monoisotopic (exact) mass is 415 g/mol. The van der Waals surface area contributed by atoms with Crippen LogP contribution in [0, 0.1) is 5.82 Å². The summed E-state index contributed by atoms with van der Waals surface area (Å²) in [5.41, 5.74) is 3.04. The molecule has 1 aliphatic rings. The largest absolute Gasteiger partial charge is 0.344 e. The van der Waals surface area contributed by atoms with Crippen LogP contribution in [-0.2, 0) is 9.53 Å². The van der Waals surface area contributed by atoms with E-state index in [0.29, 0.717) is 5.69 Å². The van der Waals surface area contributed by atoms with Gasteiger partial charge in [0.1, 0.15) is 18.1 Å². The minimum atomic E-state index is -0.522. The van der Waals surface area contributed by atoms with Gasteiger partial charge in [0, 0.05) is 28.8 Å². The third kappa shape index (κ3) is 3.04. The minimum absolute atomic E-state index is 0.0352. The van der Waals surface area contributed by atoms with Gasteiger partial charge in [-0.2, -0.15) is 5.10 Å². The average Bonchev–Trinajstić information content (AvgIpc) is 3.21. The molecule has 1 fully saturated rings.